The molecule has 3 atom stereocenters. The van der Waals surface area contributed by atoms with E-state index in [0.29, 0.717) is 12.0 Å². The average Bonchev–Trinajstić information content (AvgIpc) is 3.18. The highest BCUT2D eigenvalue weighted by molar-refractivity contribution is 5.03. The second-order valence-electron chi connectivity index (χ2n) is 7.27. The van der Waals surface area contributed by atoms with E-state index in [9.17, 15) is 0 Å². The van der Waals surface area contributed by atoms with Gasteiger partial charge in [0.15, 0.2) is 0 Å². The van der Waals surface area contributed by atoms with E-state index in [1.165, 1.54) is 57.1 Å². The van der Waals surface area contributed by atoms with E-state index >= 15 is 0 Å². The molecule has 0 amide bonds. The third-order valence-corrected chi connectivity index (χ3v) is 5.96. The molecule has 0 spiro atoms. The minimum atomic E-state index is 0.666. The molecule has 0 radical (unpaired) electrons. The highest BCUT2D eigenvalue weighted by Gasteiger charge is 2.29. The van der Waals surface area contributed by atoms with E-state index in [-0.39, 0.29) is 0 Å². The van der Waals surface area contributed by atoms with E-state index in [0.717, 1.165) is 24.8 Å². The van der Waals surface area contributed by atoms with Crippen LogP contribution in [0, 0.1) is 17.8 Å². The van der Waals surface area contributed by atoms with Crippen LogP contribution in [0.3, 0.4) is 0 Å². The standard InChI is InChI=1S/C18H31N3/c1-2-14-7-8-15(13-19)16(11-14)12-17-9-10-21(20-17)18-5-3-4-6-18/h9-10,14-16,18H,2-8,11-13,19H2,1H3. The van der Waals surface area contributed by atoms with Gasteiger partial charge in [-0.15, -0.1) is 0 Å². The molecule has 3 heteroatoms. The summed E-state index contributed by atoms with van der Waals surface area (Å²) < 4.78 is 2.24. The summed E-state index contributed by atoms with van der Waals surface area (Å²) in [4.78, 5) is 0. The van der Waals surface area contributed by atoms with Gasteiger partial charge in [-0.1, -0.05) is 32.6 Å². The zero-order chi connectivity index (χ0) is 14.7. The highest BCUT2D eigenvalue weighted by Crippen LogP contribution is 2.37. The SMILES string of the molecule is CCC1CCC(CN)C(Cc2ccn(C3CCCC3)n2)C1. The Kier molecular flexibility index (Phi) is 4.99. The van der Waals surface area contributed by atoms with E-state index in [1.54, 1.807) is 0 Å². The van der Waals surface area contributed by atoms with Gasteiger partial charge >= 0.3 is 0 Å². The maximum Gasteiger partial charge on any atom is 0.0627 e. The molecule has 0 aromatic carbocycles. The molecule has 1 aromatic heterocycles. The van der Waals surface area contributed by atoms with Crippen LogP contribution in [0.5, 0.6) is 0 Å². The maximum atomic E-state index is 6.01. The first-order valence-electron chi connectivity index (χ1n) is 9.04. The zero-order valence-electron chi connectivity index (χ0n) is 13.5. The van der Waals surface area contributed by atoms with E-state index in [4.69, 9.17) is 10.8 Å². The van der Waals surface area contributed by atoms with E-state index in [2.05, 4.69) is 23.9 Å². The fourth-order valence-corrected chi connectivity index (χ4v) is 4.48. The normalized spacial score (nSPS) is 30.9. The fraction of sp³-hybridized carbons (Fsp3) is 0.833. The molecule has 2 fully saturated rings. The first-order valence-corrected chi connectivity index (χ1v) is 9.04. The van der Waals surface area contributed by atoms with Crippen LogP contribution in [0.25, 0.3) is 0 Å². The van der Waals surface area contributed by atoms with Crippen LogP contribution in [0.4, 0.5) is 0 Å². The molecule has 21 heavy (non-hydrogen) atoms. The zero-order valence-corrected chi connectivity index (χ0v) is 13.5. The van der Waals surface area contributed by atoms with E-state index < -0.39 is 0 Å². The Hall–Kier alpha value is -0.830. The summed E-state index contributed by atoms with van der Waals surface area (Å²) in [6, 6.07) is 2.92. The van der Waals surface area contributed by atoms with Crippen LogP contribution in [0.1, 0.15) is 70.0 Å². The van der Waals surface area contributed by atoms with Crippen LogP contribution in [0.15, 0.2) is 12.3 Å². The van der Waals surface area contributed by atoms with Crippen LogP contribution in [-0.2, 0) is 6.42 Å². The van der Waals surface area contributed by atoms with Gasteiger partial charge < -0.3 is 5.73 Å². The summed E-state index contributed by atoms with van der Waals surface area (Å²) in [7, 11) is 0. The molecule has 3 nitrogen and oxygen atoms in total. The van der Waals surface area contributed by atoms with Gasteiger partial charge in [0.05, 0.1) is 11.7 Å². The second kappa shape index (κ2) is 6.95. The Labute approximate surface area is 129 Å². The molecular formula is C18H31N3. The third-order valence-electron chi connectivity index (χ3n) is 5.96. The van der Waals surface area contributed by atoms with Crippen molar-refractivity contribution in [1.29, 1.82) is 0 Å². The van der Waals surface area contributed by atoms with Crippen molar-refractivity contribution in [2.24, 2.45) is 23.5 Å². The van der Waals surface area contributed by atoms with Gasteiger partial charge in [-0.05, 0) is 62.5 Å². The number of hydrogen-bond donors (Lipinski definition) is 1. The third kappa shape index (κ3) is 3.50. The number of nitrogens with two attached hydrogens (primary N) is 1. The maximum absolute atomic E-state index is 6.01. The summed E-state index contributed by atoms with van der Waals surface area (Å²) in [5, 5.41) is 4.88. The van der Waals surface area contributed by atoms with E-state index in [1.807, 2.05) is 0 Å². The topological polar surface area (TPSA) is 43.8 Å². The van der Waals surface area contributed by atoms with Crippen molar-refractivity contribution in [2.45, 2.75) is 70.8 Å². The lowest BCUT2D eigenvalue weighted by atomic mass is 9.71. The predicted molar refractivity (Wildman–Crippen MR) is 87.1 cm³/mol. The molecule has 3 unspecified atom stereocenters. The van der Waals surface area contributed by atoms with Crippen LogP contribution in [0.2, 0.25) is 0 Å². The van der Waals surface area contributed by atoms with Crippen LogP contribution >= 0.6 is 0 Å². The summed E-state index contributed by atoms with van der Waals surface area (Å²) in [6.45, 7) is 3.18. The van der Waals surface area contributed by atoms with Crippen molar-refractivity contribution in [3.05, 3.63) is 18.0 Å². The molecule has 1 heterocycles. The first-order chi connectivity index (χ1) is 10.3. The van der Waals surface area contributed by atoms with Gasteiger partial charge in [-0.25, -0.2) is 0 Å². The Morgan fingerprint density at radius 2 is 2.00 bits per heavy atom. The largest absolute Gasteiger partial charge is 0.330 e. The minimum Gasteiger partial charge on any atom is -0.330 e. The number of aromatic nitrogens is 2. The molecule has 0 aliphatic heterocycles. The lowest BCUT2D eigenvalue weighted by Gasteiger charge is -2.35. The van der Waals surface area contributed by atoms with Crippen molar-refractivity contribution in [1.82, 2.24) is 9.78 Å². The van der Waals surface area contributed by atoms with Gasteiger partial charge in [-0.3, -0.25) is 4.68 Å². The van der Waals surface area contributed by atoms with Crippen molar-refractivity contribution < 1.29 is 0 Å². The second-order valence-corrected chi connectivity index (χ2v) is 7.27. The van der Waals surface area contributed by atoms with Crippen molar-refractivity contribution in [3.8, 4) is 0 Å². The smallest absolute Gasteiger partial charge is 0.0627 e. The van der Waals surface area contributed by atoms with Crippen LogP contribution in [-0.4, -0.2) is 16.3 Å². The van der Waals surface area contributed by atoms with Crippen LogP contribution < -0.4 is 5.73 Å². The van der Waals surface area contributed by atoms with Crippen molar-refractivity contribution in [3.63, 3.8) is 0 Å². The van der Waals surface area contributed by atoms with Crippen molar-refractivity contribution >= 4 is 0 Å². The summed E-state index contributed by atoms with van der Waals surface area (Å²) in [5.41, 5.74) is 7.31. The fourth-order valence-electron chi connectivity index (χ4n) is 4.48. The monoisotopic (exact) mass is 289 g/mol. The lowest BCUT2D eigenvalue weighted by Crippen LogP contribution is -2.31. The van der Waals surface area contributed by atoms with Gasteiger partial charge in [0.25, 0.3) is 0 Å². The molecule has 1 aromatic rings. The van der Waals surface area contributed by atoms with Gasteiger partial charge in [0.2, 0.25) is 0 Å². The Balaban J connectivity index is 1.63. The van der Waals surface area contributed by atoms with Gasteiger partial charge in [-0.2, -0.15) is 5.10 Å². The number of nitrogens with zero attached hydrogens (tertiary/aromatic N) is 2. The molecule has 0 bridgehead atoms. The number of rotatable bonds is 5. The molecule has 3 rings (SSSR count). The molecule has 0 saturated heterocycles. The Bertz CT molecular complexity index is 433. The van der Waals surface area contributed by atoms with Gasteiger partial charge in [0.1, 0.15) is 0 Å². The molecule has 2 aliphatic rings. The summed E-state index contributed by atoms with van der Waals surface area (Å²) >= 11 is 0. The molecular weight excluding hydrogens is 258 g/mol. The molecule has 2 N–H and O–H groups in total. The Morgan fingerprint density at radius 1 is 1.19 bits per heavy atom. The summed E-state index contributed by atoms with van der Waals surface area (Å²) in [6.07, 6.45) is 14.1. The highest BCUT2D eigenvalue weighted by atomic mass is 15.3. The lowest BCUT2D eigenvalue weighted by molar-refractivity contribution is 0.178. The quantitative estimate of drug-likeness (QED) is 0.892. The molecule has 2 aliphatic carbocycles. The predicted octanol–water partition coefficient (Wildman–Crippen LogP) is 3.94. The van der Waals surface area contributed by atoms with Crippen molar-refractivity contribution in [2.75, 3.05) is 6.54 Å². The summed E-state index contributed by atoms with van der Waals surface area (Å²) in [5.74, 6) is 2.37. The first kappa shape index (κ1) is 15.1. The molecule has 118 valence electrons. The molecule has 2 saturated carbocycles. The number of hydrogen-bond acceptors (Lipinski definition) is 2. The minimum absolute atomic E-state index is 0.666. The average molecular weight is 289 g/mol. The van der Waals surface area contributed by atoms with Gasteiger partial charge in [0, 0.05) is 6.20 Å². The Morgan fingerprint density at radius 3 is 2.71 bits per heavy atom.